The van der Waals surface area contributed by atoms with Crippen molar-refractivity contribution in [3.05, 3.63) is 24.3 Å². The molecule has 3 aromatic heterocycles. The van der Waals surface area contributed by atoms with Gasteiger partial charge in [0.2, 0.25) is 0 Å². The monoisotopic (exact) mass is 379 g/mol. The van der Waals surface area contributed by atoms with E-state index in [-0.39, 0.29) is 12.0 Å². The first kappa shape index (κ1) is 17.0. The van der Waals surface area contributed by atoms with Crippen LogP contribution in [0, 0.1) is 17.2 Å². The summed E-state index contributed by atoms with van der Waals surface area (Å²) in [5.74, 6) is 1.37. The molecule has 144 valence electrons. The number of aromatic nitrogens is 5. The molecule has 0 unspecified atom stereocenters. The van der Waals surface area contributed by atoms with Crippen LogP contribution in [0.4, 0.5) is 4.79 Å². The highest BCUT2D eigenvalue weighted by Gasteiger charge is 2.46. The lowest BCUT2D eigenvalue weighted by Gasteiger charge is -2.15. The summed E-state index contributed by atoms with van der Waals surface area (Å²) in [6, 6.07) is 4.12. The zero-order valence-corrected chi connectivity index (χ0v) is 15.6. The topological polar surface area (TPSA) is 121 Å². The van der Waals surface area contributed by atoms with Crippen LogP contribution in [-0.4, -0.2) is 42.3 Å². The third-order valence-corrected chi connectivity index (χ3v) is 6.05. The molecular formula is C19H21N7O2. The largest absolute Gasteiger partial charge is 0.446 e. The van der Waals surface area contributed by atoms with Crippen LogP contribution in [0.15, 0.2) is 18.5 Å². The first-order valence-corrected chi connectivity index (χ1v) is 9.69. The first-order chi connectivity index (χ1) is 13.6. The quantitative estimate of drug-likeness (QED) is 0.719. The molecule has 2 fully saturated rings. The second kappa shape index (κ2) is 6.19. The summed E-state index contributed by atoms with van der Waals surface area (Å²) < 4.78 is 7.70. The lowest BCUT2D eigenvalue weighted by molar-refractivity contribution is 0.0959. The van der Waals surface area contributed by atoms with E-state index >= 15 is 0 Å². The predicted octanol–water partition coefficient (Wildman–Crippen LogP) is 2.66. The average molecular weight is 379 g/mol. The van der Waals surface area contributed by atoms with Crippen molar-refractivity contribution in [2.75, 3.05) is 0 Å². The molecule has 0 aliphatic heterocycles. The SMILES string of the molecule is CC[C@@H]1C[C@H](OC(=O)NC2(C#N)CC2)C[C@@H]1c1nnc2cnc3[nH]ccc3n12. The maximum atomic E-state index is 12.2. The highest BCUT2D eigenvalue weighted by molar-refractivity contribution is 5.74. The standard InChI is InChI=1S/C19H21N7O2/c1-2-11-7-12(28-18(27)23-19(10-20)4-5-19)8-13(11)17-25-24-15-9-22-16-14(26(15)17)3-6-21-16/h3,6,9,11-13,21H,2,4-5,7-8H2,1H3,(H,23,27)/t11-,12+,13+/m1/s1. The Labute approximate surface area is 161 Å². The lowest BCUT2D eigenvalue weighted by Crippen LogP contribution is -2.37. The number of fused-ring (bicyclic) bond motifs is 3. The van der Waals surface area contributed by atoms with Gasteiger partial charge in [0.25, 0.3) is 0 Å². The van der Waals surface area contributed by atoms with Gasteiger partial charge < -0.3 is 15.0 Å². The van der Waals surface area contributed by atoms with Crippen LogP contribution < -0.4 is 5.32 Å². The summed E-state index contributed by atoms with van der Waals surface area (Å²) >= 11 is 0. The van der Waals surface area contributed by atoms with Crippen LogP contribution in [-0.2, 0) is 4.74 Å². The van der Waals surface area contributed by atoms with Gasteiger partial charge in [-0.05, 0) is 37.7 Å². The molecule has 9 heteroatoms. The third kappa shape index (κ3) is 2.68. The third-order valence-electron chi connectivity index (χ3n) is 6.05. The number of amides is 1. The zero-order valence-electron chi connectivity index (χ0n) is 15.6. The van der Waals surface area contributed by atoms with Gasteiger partial charge in [-0.15, -0.1) is 10.2 Å². The summed E-state index contributed by atoms with van der Waals surface area (Å²) in [4.78, 5) is 19.7. The number of nitrogens with zero attached hydrogens (tertiary/aromatic N) is 5. The molecule has 0 aromatic carbocycles. The second-order valence-corrected chi connectivity index (χ2v) is 7.81. The number of hydrogen-bond donors (Lipinski definition) is 2. The van der Waals surface area contributed by atoms with E-state index < -0.39 is 11.6 Å². The van der Waals surface area contributed by atoms with Crippen molar-refractivity contribution in [1.82, 2.24) is 29.9 Å². The maximum absolute atomic E-state index is 12.2. The summed E-state index contributed by atoms with van der Waals surface area (Å²) in [6.45, 7) is 2.14. The molecule has 5 rings (SSSR count). The van der Waals surface area contributed by atoms with E-state index in [1.165, 1.54) is 0 Å². The van der Waals surface area contributed by atoms with Gasteiger partial charge in [-0.3, -0.25) is 4.40 Å². The Bertz CT molecular complexity index is 1090. The fourth-order valence-electron chi connectivity index (χ4n) is 4.34. The fourth-order valence-corrected chi connectivity index (χ4v) is 4.34. The number of hydrogen-bond acceptors (Lipinski definition) is 6. The van der Waals surface area contributed by atoms with Gasteiger partial charge in [-0.1, -0.05) is 13.3 Å². The van der Waals surface area contributed by atoms with Crippen LogP contribution in [0.1, 0.15) is 50.8 Å². The Morgan fingerprint density at radius 1 is 1.46 bits per heavy atom. The van der Waals surface area contributed by atoms with Crippen molar-refractivity contribution in [2.24, 2.45) is 5.92 Å². The van der Waals surface area contributed by atoms with Crippen LogP contribution in [0.25, 0.3) is 16.8 Å². The Morgan fingerprint density at radius 3 is 3.07 bits per heavy atom. The van der Waals surface area contributed by atoms with Gasteiger partial charge in [0.15, 0.2) is 11.3 Å². The van der Waals surface area contributed by atoms with Gasteiger partial charge in [-0.25, -0.2) is 9.78 Å². The molecule has 2 saturated carbocycles. The Morgan fingerprint density at radius 2 is 2.32 bits per heavy atom. The van der Waals surface area contributed by atoms with Crippen molar-refractivity contribution in [2.45, 2.75) is 56.6 Å². The summed E-state index contributed by atoms with van der Waals surface area (Å²) in [7, 11) is 0. The average Bonchev–Trinajstić information content (AvgIpc) is 3.07. The Kier molecular flexibility index (Phi) is 3.75. The molecule has 3 atom stereocenters. The van der Waals surface area contributed by atoms with Crippen LogP contribution in [0.2, 0.25) is 0 Å². The number of H-pyrrole nitrogens is 1. The van der Waals surface area contributed by atoms with E-state index in [2.05, 4.69) is 38.5 Å². The molecule has 9 nitrogen and oxygen atoms in total. The molecule has 0 bridgehead atoms. The van der Waals surface area contributed by atoms with Crippen LogP contribution >= 0.6 is 0 Å². The first-order valence-electron chi connectivity index (χ1n) is 9.69. The normalized spacial score (nSPS) is 25.6. The molecule has 0 radical (unpaired) electrons. The number of carbonyl (C=O) groups excluding carboxylic acids is 1. The fraction of sp³-hybridized carbons (Fsp3) is 0.526. The summed E-state index contributed by atoms with van der Waals surface area (Å²) in [6.07, 6.45) is 6.69. The number of nitrogens with one attached hydrogen (secondary N) is 2. The molecule has 0 saturated heterocycles. The number of ether oxygens (including phenoxy) is 1. The number of nitriles is 1. The van der Waals surface area contributed by atoms with Gasteiger partial charge in [-0.2, -0.15) is 5.26 Å². The highest BCUT2D eigenvalue weighted by Crippen LogP contribution is 2.43. The molecule has 2 N–H and O–H groups in total. The molecule has 0 spiro atoms. The van der Waals surface area contributed by atoms with E-state index in [1.54, 1.807) is 6.20 Å². The Balaban J connectivity index is 1.40. The molecule has 1 amide bonds. The number of rotatable bonds is 4. The van der Waals surface area contributed by atoms with E-state index in [9.17, 15) is 4.79 Å². The summed E-state index contributed by atoms with van der Waals surface area (Å²) in [5, 5.41) is 20.6. The van der Waals surface area contributed by atoms with Crippen LogP contribution in [0.3, 0.4) is 0 Å². The minimum atomic E-state index is -0.713. The lowest BCUT2D eigenvalue weighted by atomic mass is 9.93. The van der Waals surface area contributed by atoms with Crippen molar-refractivity contribution >= 4 is 22.9 Å². The summed E-state index contributed by atoms with van der Waals surface area (Å²) in [5.41, 5.74) is 1.73. The molecule has 3 aromatic rings. The zero-order chi connectivity index (χ0) is 19.3. The van der Waals surface area contributed by atoms with E-state index in [4.69, 9.17) is 10.00 Å². The molecule has 3 heterocycles. The molecule has 28 heavy (non-hydrogen) atoms. The minimum Gasteiger partial charge on any atom is -0.446 e. The number of carbonyl (C=O) groups is 1. The van der Waals surface area contributed by atoms with E-state index in [0.717, 1.165) is 29.8 Å². The van der Waals surface area contributed by atoms with Crippen molar-refractivity contribution in [1.29, 1.82) is 5.26 Å². The van der Waals surface area contributed by atoms with Gasteiger partial charge in [0.1, 0.15) is 17.5 Å². The predicted molar refractivity (Wildman–Crippen MR) is 99.4 cm³/mol. The number of aromatic amines is 1. The van der Waals surface area contributed by atoms with Gasteiger partial charge in [0, 0.05) is 12.1 Å². The Hall–Kier alpha value is -3.15. The van der Waals surface area contributed by atoms with Gasteiger partial charge >= 0.3 is 6.09 Å². The second-order valence-electron chi connectivity index (χ2n) is 7.81. The molecular weight excluding hydrogens is 358 g/mol. The smallest absolute Gasteiger partial charge is 0.408 e. The maximum Gasteiger partial charge on any atom is 0.408 e. The van der Waals surface area contributed by atoms with E-state index in [0.29, 0.717) is 30.8 Å². The van der Waals surface area contributed by atoms with Crippen LogP contribution in [0.5, 0.6) is 0 Å². The highest BCUT2D eigenvalue weighted by atomic mass is 16.6. The van der Waals surface area contributed by atoms with E-state index in [1.807, 2.05) is 16.7 Å². The molecule has 2 aliphatic rings. The van der Waals surface area contributed by atoms with Crippen molar-refractivity contribution in [3.8, 4) is 6.07 Å². The van der Waals surface area contributed by atoms with Gasteiger partial charge in [0.05, 0.1) is 17.8 Å². The van der Waals surface area contributed by atoms with Crippen molar-refractivity contribution in [3.63, 3.8) is 0 Å². The number of alkyl carbamates (subject to hydrolysis) is 1. The molecule has 2 aliphatic carbocycles. The minimum absolute atomic E-state index is 0.143. The van der Waals surface area contributed by atoms with Crippen molar-refractivity contribution < 1.29 is 9.53 Å².